The van der Waals surface area contributed by atoms with Crippen molar-refractivity contribution in [3.8, 4) is 18.1 Å². The van der Waals surface area contributed by atoms with Crippen LogP contribution in [0.25, 0.3) is 0 Å². The predicted molar refractivity (Wildman–Crippen MR) is 54.7 cm³/mol. The molecule has 0 unspecified atom stereocenters. The monoisotopic (exact) mass is 192 g/mol. The lowest BCUT2D eigenvalue weighted by Gasteiger charge is -2.10. The van der Waals surface area contributed by atoms with Crippen LogP contribution in [0.15, 0.2) is 18.2 Å². The molecule has 1 rings (SSSR count). The summed E-state index contributed by atoms with van der Waals surface area (Å²) in [7, 11) is 0. The van der Waals surface area contributed by atoms with Crippen LogP contribution in [-0.2, 0) is 0 Å². The summed E-state index contributed by atoms with van der Waals surface area (Å²) in [6.07, 6.45) is 5.23. The average molecular weight is 192 g/mol. The minimum Gasteiger partial charge on any atom is -0.489 e. The maximum absolute atomic E-state index is 13.3. The molecule has 1 aromatic carbocycles. The van der Waals surface area contributed by atoms with E-state index in [4.69, 9.17) is 11.2 Å². The summed E-state index contributed by atoms with van der Waals surface area (Å²) in [5, 5.41) is 0. The van der Waals surface area contributed by atoms with Gasteiger partial charge in [-0.05, 0) is 18.1 Å². The largest absolute Gasteiger partial charge is 0.489 e. The summed E-state index contributed by atoms with van der Waals surface area (Å²) in [6, 6.07) is 4.59. The fraction of sp³-hybridized carbons (Fsp3) is 0.333. The van der Waals surface area contributed by atoms with Crippen LogP contribution in [-0.4, -0.2) is 6.61 Å². The molecule has 0 aromatic heterocycles. The van der Waals surface area contributed by atoms with Crippen LogP contribution in [0.1, 0.15) is 19.4 Å². The van der Waals surface area contributed by atoms with Gasteiger partial charge in [0, 0.05) is 0 Å². The normalized spacial score (nSPS) is 9.93. The van der Waals surface area contributed by atoms with Crippen LogP contribution < -0.4 is 4.74 Å². The molecule has 1 aromatic rings. The summed E-state index contributed by atoms with van der Waals surface area (Å²) in [5.74, 6) is 2.52. The zero-order valence-corrected chi connectivity index (χ0v) is 8.38. The molecule has 0 fully saturated rings. The van der Waals surface area contributed by atoms with Gasteiger partial charge >= 0.3 is 0 Å². The molecular formula is C12H13FO. The Morgan fingerprint density at radius 3 is 2.79 bits per heavy atom. The third-order valence-electron chi connectivity index (χ3n) is 1.68. The van der Waals surface area contributed by atoms with Crippen molar-refractivity contribution in [1.29, 1.82) is 0 Å². The van der Waals surface area contributed by atoms with E-state index >= 15 is 0 Å². The second-order valence-electron chi connectivity index (χ2n) is 3.47. The Morgan fingerprint density at radius 1 is 1.50 bits per heavy atom. The maximum Gasteiger partial charge on any atom is 0.170 e. The molecule has 0 heterocycles. The Labute approximate surface area is 83.9 Å². The van der Waals surface area contributed by atoms with Gasteiger partial charge in [-0.1, -0.05) is 25.8 Å². The van der Waals surface area contributed by atoms with Crippen molar-refractivity contribution in [3.05, 3.63) is 29.6 Å². The number of hydrogen-bond acceptors (Lipinski definition) is 1. The highest BCUT2D eigenvalue weighted by atomic mass is 19.1. The van der Waals surface area contributed by atoms with E-state index in [-0.39, 0.29) is 5.75 Å². The first-order valence-electron chi connectivity index (χ1n) is 4.53. The molecule has 0 amide bonds. The standard InChI is InChI=1S/C12H13FO/c1-4-10-6-5-7-11(13)12(10)14-8-9(2)3/h1,5-7,9H,8H2,2-3H3. The van der Waals surface area contributed by atoms with Crippen LogP contribution in [0.2, 0.25) is 0 Å². The maximum atomic E-state index is 13.3. The number of hydrogen-bond donors (Lipinski definition) is 0. The van der Waals surface area contributed by atoms with Crippen molar-refractivity contribution in [2.24, 2.45) is 5.92 Å². The second kappa shape index (κ2) is 4.66. The SMILES string of the molecule is C#Cc1cccc(F)c1OCC(C)C. The first-order chi connectivity index (χ1) is 6.65. The zero-order valence-electron chi connectivity index (χ0n) is 8.38. The third kappa shape index (κ3) is 2.50. The Morgan fingerprint density at radius 2 is 2.21 bits per heavy atom. The van der Waals surface area contributed by atoms with Gasteiger partial charge in [-0.3, -0.25) is 0 Å². The average Bonchev–Trinajstić information content (AvgIpc) is 2.15. The van der Waals surface area contributed by atoms with Crippen LogP contribution >= 0.6 is 0 Å². The van der Waals surface area contributed by atoms with Gasteiger partial charge in [0.15, 0.2) is 11.6 Å². The molecule has 0 aliphatic rings. The van der Waals surface area contributed by atoms with Gasteiger partial charge in [0.25, 0.3) is 0 Å². The fourth-order valence-electron chi connectivity index (χ4n) is 1.02. The molecule has 0 spiro atoms. The van der Waals surface area contributed by atoms with Gasteiger partial charge < -0.3 is 4.74 Å². The Kier molecular flexibility index (Phi) is 3.53. The van der Waals surface area contributed by atoms with E-state index < -0.39 is 5.82 Å². The molecule has 0 atom stereocenters. The van der Waals surface area contributed by atoms with E-state index in [1.165, 1.54) is 6.07 Å². The van der Waals surface area contributed by atoms with Crippen LogP contribution in [0, 0.1) is 24.1 Å². The highest BCUT2D eigenvalue weighted by Gasteiger charge is 2.08. The van der Waals surface area contributed by atoms with E-state index in [1.54, 1.807) is 12.1 Å². The Balaban J connectivity index is 2.89. The van der Waals surface area contributed by atoms with Crippen LogP contribution in [0.5, 0.6) is 5.75 Å². The number of terminal acetylenes is 1. The van der Waals surface area contributed by atoms with Gasteiger partial charge in [-0.25, -0.2) is 4.39 Å². The van der Waals surface area contributed by atoms with Crippen molar-refractivity contribution in [3.63, 3.8) is 0 Å². The zero-order chi connectivity index (χ0) is 10.6. The van der Waals surface area contributed by atoms with Crippen LogP contribution in [0.3, 0.4) is 0 Å². The van der Waals surface area contributed by atoms with Gasteiger partial charge in [-0.15, -0.1) is 6.42 Å². The molecular weight excluding hydrogens is 179 g/mol. The second-order valence-corrected chi connectivity index (χ2v) is 3.47. The summed E-state index contributed by atoms with van der Waals surface area (Å²) in [5.41, 5.74) is 0.464. The molecule has 0 aliphatic carbocycles. The lowest BCUT2D eigenvalue weighted by Crippen LogP contribution is -2.06. The molecule has 0 bridgehead atoms. The smallest absolute Gasteiger partial charge is 0.170 e. The van der Waals surface area contributed by atoms with Gasteiger partial charge in [0.2, 0.25) is 0 Å². The Hall–Kier alpha value is -1.49. The molecule has 1 nitrogen and oxygen atoms in total. The number of rotatable bonds is 3. The minimum absolute atomic E-state index is 0.184. The fourth-order valence-corrected chi connectivity index (χ4v) is 1.02. The number of benzene rings is 1. The predicted octanol–water partition coefficient (Wildman–Crippen LogP) is 2.84. The topological polar surface area (TPSA) is 9.23 Å². The van der Waals surface area contributed by atoms with Gasteiger partial charge in [-0.2, -0.15) is 0 Å². The lowest BCUT2D eigenvalue weighted by atomic mass is 10.2. The summed E-state index contributed by atoms with van der Waals surface area (Å²) in [4.78, 5) is 0. The van der Waals surface area contributed by atoms with Crippen molar-refractivity contribution in [2.45, 2.75) is 13.8 Å². The van der Waals surface area contributed by atoms with Gasteiger partial charge in [0.1, 0.15) is 0 Å². The van der Waals surface area contributed by atoms with Crippen molar-refractivity contribution in [1.82, 2.24) is 0 Å². The molecule has 14 heavy (non-hydrogen) atoms. The molecule has 0 radical (unpaired) electrons. The highest BCUT2D eigenvalue weighted by molar-refractivity contribution is 5.45. The summed E-state index contributed by atoms with van der Waals surface area (Å²) < 4.78 is 18.6. The van der Waals surface area contributed by atoms with Crippen LogP contribution in [0.4, 0.5) is 4.39 Å². The molecule has 0 aliphatic heterocycles. The van der Waals surface area contributed by atoms with E-state index in [0.29, 0.717) is 18.1 Å². The summed E-state index contributed by atoms with van der Waals surface area (Å²) in [6.45, 7) is 4.46. The summed E-state index contributed by atoms with van der Waals surface area (Å²) >= 11 is 0. The highest BCUT2D eigenvalue weighted by Crippen LogP contribution is 2.22. The molecule has 2 heteroatoms. The van der Waals surface area contributed by atoms with E-state index in [0.717, 1.165) is 0 Å². The van der Waals surface area contributed by atoms with Crippen molar-refractivity contribution in [2.75, 3.05) is 6.61 Å². The first kappa shape index (κ1) is 10.6. The Bertz CT molecular complexity index is 350. The number of halogens is 1. The third-order valence-corrected chi connectivity index (χ3v) is 1.68. The van der Waals surface area contributed by atoms with Gasteiger partial charge in [0.05, 0.1) is 12.2 Å². The first-order valence-corrected chi connectivity index (χ1v) is 4.53. The quantitative estimate of drug-likeness (QED) is 0.669. The molecule has 0 saturated carbocycles. The van der Waals surface area contributed by atoms with Crippen molar-refractivity contribution >= 4 is 0 Å². The lowest BCUT2D eigenvalue weighted by molar-refractivity contribution is 0.258. The van der Waals surface area contributed by atoms with E-state index in [9.17, 15) is 4.39 Å². The van der Waals surface area contributed by atoms with E-state index in [1.807, 2.05) is 13.8 Å². The molecule has 0 saturated heterocycles. The number of ether oxygens (including phenoxy) is 1. The minimum atomic E-state index is -0.402. The number of para-hydroxylation sites is 1. The van der Waals surface area contributed by atoms with Crippen molar-refractivity contribution < 1.29 is 9.13 Å². The molecule has 74 valence electrons. The molecule has 0 N–H and O–H groups in total. The van der Waals surface area contributed by atoms with E-state index in [2.05, 4.69) is 5.92 Å².